The predicted octanol–water partition coefficient (Wildman–Crippen LogP) is 5.64. The van der Waals surface area contributed by atoms with E-state index in [1.54, 1.807) is 13.2 Å². The highest BCUT2D eigenvalue weighted by atomic mass is 79.9. The summed E-state index contributed by atoms with van der Waals surface area (Å²) in [5.41, 5.74) is 2.51. The number of carbonyl (C=O) groups excluding carboxylic acids is 1. The molecule has 0 atom stereocenters. The number of nitrogens with zero attached hydrogens (tertiary/aromatic N) is 1. The Morgan fingerprint density at radius 2 is 2.09 bits per heavy atom. The van der Waals surface area contributed by atoms with Crippen molar-refractivity contribution in [2.24, 2.45) is 0 Å². The maximum Gasteiger partial charge on any atom is 0.251 e. The Morgan fingerprint density at radius 1 is 1.18 bits per heavy atom. The van der Waals surface area contributed by atoms with Gasteiger partial charge in [0.1, 0.15) is 11.5 Å². The molecule has 168 valence electrons. The molecule has 0 spiro atoms. The first kappa shape index (κ1) is 21.5. The van der Waals surface area contributed by atoms with E-state index in [0.29, 0.717) is 24.5 Å². The summed E-state index contributed by atoms with van der Waals surface area (Å²) in [7, 11) is 1.63. The monoisotopic (exact) mass is 506 g/mol. The Balaban J connectivity index is 1.54. The number of alkyl halides is 1. The van der Waals surface area contributed by atoms with Crippen LogP contribution in [-0.4, -0.2) is 36.5 Å². The van der Waals surface area contributed by atoms with Crippen LogP contribution >= 0.6 is 15.9 Å². The Hall–Kier alpha value is -3.32. The second-order valence-corrected chi connectivity index (χ2v) is 8.54. The van der Waals surface area contributed by atoms with Crippen LogP contribution in [0.15, 0.2) is 54.7 Å². The van der Waals surface area contributed by atoms with Gasteiger partial charge in [-0.3, -0.25) is 9.78 Å². The molecule has 4 aromatic rings. The van der Waals surface area contributed by atoms with Gasteiger partial charge in [-0.2, -0.15) is 0 Å². The summed E-state index contributed by atoms with van der Waals surface area (Å²) >= 11 is 3.44. The van der Waals surface area contributed by atoms with Gasteiger partial charge < -0.3 is 19.5 Å². The smallest absolute Gasteiger partial charge is 0.251 e. The molecule has 1 amide bonds. The van der Waals surface area contributed by atoms with Crippen LogP contribution in [0.25, 0.3) is 21.7 Å². The number of rotatable bonds is 7. The molecule has 6 nitrogen and oxygen atoms in total. The minimum atomic E-state index is -0.112. The Morgan fingerprint density at radius 3 is 2.94 bits per heavy atom. The number of carbonyl (C=O) groups is 1. The standard InChI is InChI=1S/C26H23BrN2O4/c1-28-26(30)19-5-2-4-16-14-17(6-7-18(16)19)33-22-8-11-29-21-15-23(31-12-3-10-27)25-20(24(21)22)9-13-32-25/h2,4-8,11,14-15H,3,9-10,12-13H2,1H3,(H,28,30). The topological polar surface area (TPSA) is 69.7 Å². The Bertz CT molecular complexity index is 1360. The SMILES string of the molecule is CNC(=O)c1cccc2cc(Oc3ccnc4cc(OCCCBr)c5c(c34)CCO5)ccc12. The second kappa shape index (κ2) is 9.27. The van der Waals surface area contributed by atoms with Crippen molar-refractivity contribution in [3.8, 4) is 23.0 Å². The zero-order valence-electron chi connectivity index (χ0n) is 18.2. The first-order valence-electron chi connectivity index (χ1n) is 10.9. The van der Waals surface area contributed by atoms with Crippen LogP contribution in [-0.2, 0) is 6.42 Å². The molecule has 1 N–H and O–H groups in total. The van der Waals surface area contributed by atoms with Crippen molar-refractivity contribution in [2.45, 2.75) is 12.8 Å². The molecule has 1 aliphatic heterocycles. The molecule has 0 saturated carbocycles. The summed E-state index contributed by atoms with van der Waals surface area (Å²) in [5, 5.41) is 6.33. The van der Waals surface area contributed by atoms with Crippen molar-refractivity contribution in [3.05, 3.63) is 65.9 Å². The van der Waals surface area contributed by atoms with Gasteiger partial charge in [-0.15, -0.1) is 0 Å². The lowest BCUT2D eigenvalue weighted by atomic mass is 10.0. The van der Waals surface area contributed by atoms with Crippen LogP contribution in [0, 0.1) is 0 Å². The van der Waals surface area contributed by atoms with E-state index in [2.05, 4.69) is 26.2 Å². The summed E-state index contributed by atoms with van der Waals surface area (Å²) in [6, 6.07) is 15.2. The molecule has 0 saturated heterocycles. The van der Waals surface area contributed by atoms with Crippen LogP contribution in [0.1, 0.15) is 22.3 Å². The van der Waals surface area contributed by atoms with Crippen LogP contribution in [0.2, 0.25) is 0 Å². The highest BCUT2D eigenvalue weighted by molar-refractivity contribution is 9.09. The average Bonchev–Trinajstić information content (AvgIpc) is 3.33. The quantitative estimate of drug-likeness (QED) is 0.259. The van der Waals surface area contributed by atoms with E-state index < -0.39 is 0 Å². The third kappa shape index (κ3) is 4.09. The van der Waals surface area contributed by atoms with E-state index in [0.717, 1.165) is 62.7 Å². The number of nitrogens with one attached hydrogen (secondary N) is 1. The zero-order valence-corrected chi connectivity index (χ0v) is 19.8. The van der Waals surface area contributed by atoms with Gasteiger partial charge in [-0.05, 0) is 47.5 Å². The maximum atomic E-state index is 12.2. The summed E-state index contributed by atoms with van der Waals surface area (Å²) in [6.45, 7) is 1.22. The van der Waals surface area contributed by atoms with Crippen LogP contribution in [0.5, 0.6) is 23.0 Å². The molecule has 2 heterocycles. The lowest BCUT2D eigenvalue weighted by Gasteiger charge is -2.15. The van der Waals surface area contributed by atoms with E-state index in [1.807, 2.05) is 48.5 Å². The van der Waals surface area contributed by atoms with Gasteiger partial charge in [0.15, 0.2) is 11.5 Å². The second-order valence-electron chi connectivity index (χ2n) is 7.74. The van der Waals surface area contributed by atoms with Crippen molar-refractivity contribution >= 4 is 43.5 Å². The van der Waals surface area contributed by atoms with Crippen LogP contribution < -0.4 is 19.5 Å². The molecule has 3 aromatic carbocycles. The average molecular weight is 507 g/mol. The van der Waals surface area contributed by atoms with E-state index in [-0.39, 0.29) is 5.91 Å². The van der Waals surface area contributed by atoms with Gasteiger partial charge in [-0.25, -0.2) is 0 Å². The first-order chi connectivity index (χ1) is 16.2. The van der Waals surface area contributed by atoms with Crippen molar-refractivity contribution < 1.29 is 19.0 Å². The predicted molar refractivity (Wildman–Crippen MR) is 132 cm³/mol. The molecular formula is C26H23BrN2O4. The summed E-state index contributed by atoms with van der Waals surface area (Å²) in [5.74, 6) is 2.81. The molecule has 7 heteroatoms. The van der Waals surface area contributed by atoms with Crippen molar-refractivity contribution in [1.29, 1.82) is 0 Å². The third-order valence-electron chi connectivity index (χ3n) is 5.69. The van der Waals surface area contributed by atoms with Gasteiger partial charge in [0.2, 0.25) is 0 Å². The van der Waals surface area contributed by atoms with Crippen molar-refractivity contribution in [2.75, 3.05) is 25.6 Å². The van der Waals surface area contributed by atoms with Gasteiger partial charge in [0.05, 0.1) is 24.1 Å². The largest absolute Gasteiger partial charge is 0.490 e. The van der Waals surface area contributed by atoms with Gasteiger partial charge in [0, 0.05) is 42.2 Å². The number of hydrogen-bond donors (Lipinski definition) is 1. The molecule has 33 heavy (non-hydrogen) atoms. The van der Waals surface area contributed by atoms with E-state index in [4.69, 9.17) is 14.2 Å². The summed E-state index contributed by atoms with van der Waals surface area (Å²) < 4.78 is 18.2. The number of ether oxygens (including phenoxy) is 3. The molecule has 1 aliphatic rings. The molecule has 0 bridgehead atoms. The Kier molecular flexibility index (Phi) is 6.05. The van der Waals surface area contributed by atoms with Crippen molar-refractivity contribution in [1.82, 2.24) is 10.3 Å². The number of hydrogen-bond acceptors (Lipinski definition) is 5. The summed E-state index contributed by atoms with van der Waals surface area (Å²) in [4.78, 5) is 16.8. The lowest BCUT2D eigenvalue weighted by Crippen LogP contribution is -2.17. The number of benzene rings is 3. The number of halogens is 1. The molecular weight excluding hydrogens is 484 g/mol. The zero-order chi connectivity index (χ0) is 22.8. The fourth-order valence-electron chi connectivity index (χ4n) is 4.19. The minimum absolute atomic E-state index is 0.112. The van der Waals surface area contributed by atoms with Gasteiger partial charge >= 0.3 is 0 Å². The highest BCUT2D eigenvalue weighted by Gasteiger charge is 2.24. The van der Waals surface area contributed by atoms with E-state index >= 15 is 0 Å². The van der Waals surface area contributed by atoms with E-state index in [1.165, 1.54) is 0 Å². The minimum Gasteiger partial charge on any atom is -0.490 e. The normalized spacial score (nSPS) is 12.4. The number of amides is 1. The molecule has 5 rings (SSSR count). The van der Waals surface area contributed by atoms with E-state index in [9.17, 15) is 4.79 Å². The first-order valence-corrected chi connectivity index (χ1v) is 12.0. The third-order valence-corrected chi connectivity index (χ3v) is 6.26. The lowest BCUT2D eigenvalue weighted by molar-refractivity contribution is 0.0964. The summed E-state index contributed by atoms with van der Waals surface area (Å²) in [6.07, 6.45) is 3.43. The number of aromatic nitrogens is 1. The number of pyridine rings is 1. The van der Waals surface area contributed by atoms with Crippen molar-refractivity contribution in [3.63, 3.8) is 0 Å². The Labute approximate surface area is 200 Å². The van der Waals surface area contributed by atoms with Gasteiger partial charge in [0.25, 0.3) is 5.91 Å². The maximum absolute atomic E-state index is 12.2. The highest BCUT2D eigenvalue weighted by Crippen LogP contribution is 2.44. The molecule has 0 radical (unpaired) electrons. The molecule has 0 unspecified atom stereocenters. The fourth-order valence-corrected chi connectivity index (χ4v) is 4.42. The fraction of sp³-hybridized carbons (Fsp3) is 0.231. The molecule has 0 fully saturated rings. The number of fused-ring (bicyclic) bond motifs is 4. The molecule has 0 aliphatic carbocycles. The van der Waals surface area contributed by atoms with Crippen LogP contribution in [0.3, 0.4) is 0 Å². The van der Waals surface area contributed by atoms with Gasteiger partial charge in [-0.1, -0.05) is 28.1 Å². The van der Waals surface area contributed by atoms with Crippen LogP contribution in [0.4, 0.5) is 0 Å². The molecule has 1 aromatic heterocycles.